The Kier molecular flexibility index (Phi) is 2.37. The fourth-order valence-electron chi connectivity index (χ4n) is 1.28. The Bertz CT molecular complexity index is 486. The number of aryl methyl sites for hydroxylation is 1. The summed E-state index contributed by atoms with van der Waals surface area (Å²) in [5, 5.41) is 10.7. The number of aromatic nitrogens is 4. The summed E-state index contributed by atoms with van der Waals surface area (Å²) < 4.78 is 38.3. The SMILES string of the molecule is Cn1nnnc1-c1ccc(C(F)(F)F)cc1. The summed E-state index contributed by atoms with van der Waals surface area (Å²) in [6, 6.07) is 4.69. The van der Waals surface area contributed by atoms with Crippen LogP contribution in [0.3, 0.4) is 0 Å². The van der Waals surface area contributed by atoms with E-state index in [9.17, 15) is 13.2 Å². The first-order valence-corrected chi connectivity index (χ1v) is 4.38. The molecule has 0 bridgehead atoms. The van der Waals surface area contributed by atoms with Crippen LogP contribution in [0.25, 0.3) is 11.4 Å². The maximum atomic E-state index is 12.3. The predicted molar refractivity (Wildman–Crippen MR) is 49.2 cm³/mol. The minimum Gasteiger partial charge on any atom is -0.229 e. The number of tetrazole rings is 1. The second kappa shape index (κ2) is 3.58. The Balaban J connectivity index is 2.37. The van der Waals surface area contributed by atoms with Gasteiger partial charge in [0.25, 0.3) is 0 Å². The highest BCUT2D eigenvalue weighted by Gasteiger charge is 2.30. The van der Waals surface area contributed by atoms with Gasteiger partial charge in [0.15, 0.2) is 5.82 Å². The quantitative estimate of drug-likeness (QED) is 0.748. The molecule has 0 saturated carbocycles. The number of hydrogen-bond donors (Lipinski definition) is 0. The highest BCUT2D eigenvalue weighted by molar-refractivity contribution is 5.54. The van der Waals surface area contributed by atoms with Gasteiger partial charge in [-0.05, 0) is 22.6 Å². The van der Waals surface area contributed by atoms with Crippen molar-refractivity contribution in [2.24, 2.45) is 7.05 Å². The number of nitrogens with zero attached hydrogens (tertiary/aromatic N) is 4. The van der Waals surface area contributed by atoms with Crippen molar-refractivity contribution in [2.45, 2.75) is 6.18 Å². The first kappa shape index (κ1) is 10.6. The molecule has 0 unspecified atom stereocenters. The topological polar surface area (TPSA) is 43.6 Å². The lowest BCUT2D eigenvalue weighted by Gasteiger charge is -2.06. The van der Waals surface area contributed by atoms with E-state index >= 15 is 0 Å². The number of halogens is 3. The molecule has 0 radical (unpaired) electrons. The molecule has 1 aromatic carbocycles. The summed E-state index contributed by atoms with van der Waals surface area (Å²) in [4.78, 5) is 0. The number of benzene rings is 1. The first-order valence-electron chi connectivity index (χ1n) is 4.38. The van der Waals surface area contributed by atoms with E-state index in [1.54, 1.807) is 7.05 Å². The van der Waals surface area contributed by atoms with Crippen LogP contribution in [0.4, 0.5) is 13.2 Å². The fraction of sp³-hybridized carbons (Fsp3) is 0.222. The zero-order valence-corrected chi connectivity index (χ0v) is 8.23. The summed E-state index contributed by atoms with van der Waals surface area (Å²) in [5.74, 6) is 0.425. The maximum Gasteiger partial charge on any atom is 0.416 e. The van der Waals surface area contributed by atoms with Gasteiger partial charge in [-0.25, -0.2) is 4.68 Å². The van der Waals surface area contributed by atoms with Crippen LogP contribution in [-0.2, 0) is 13.2 Å². The molecule has 0 spiro atoms. The van der Waals surface area contributed by atoms with Crippen LogP contribution in [0.1, 0.15) is 5.56 Å². The molecule has 0 N–H and O–H groups in total. The molecule has 16 heavy (non-hydrogen) atoms. The molecule has 0 atom stereocenters. The smallest absolute Gasteiger partial charge is 0.229 e. The van der Waals surface area contributed by atoms with Gasteiger partial charge in [0.05, 0.1) is 5.56 Å². The van der Waals surface area contributed by atoms with Crippen molar-refractivity contribution in [1.29, 1.82) is 0 Å². The van der Waals surface area contributed by atoms with E-state index in [1.165, 1.54) is 16.8 Å². The number of alkyl halides is 3. The average Bonchev–Trinajstić information content (AvgIpc) is 2.63. The monoisotopic (exact) mass is 228 g/mol. The van der Waals surface area contributed by atoms with Gasteiger partial charge in [-0.2, -0.15) is 13.2 Å². The number of hydrogen-bond acceptors (Lipinski definition) is 3. The van der Waals surface area contributed by atoms with Crippen molar-refractivity contribution in [3.63, 3.8) is 0 Å². The average molecular weight is 228 g/mol. The third-order valence-corrected chi connectivity index (χ3v) is 2.09. The van der Waals surface area contributed by atoms with Gasteiger partial charge in [0.2, 0.25) is 0 Å². The van der Waals surface area contributed by atoms with E-state index in [4.69, 9.17) is 0 Å². The summed E-state index contributed by atoms with van der Waals surface area (Å²) in [6.45, 7) is 0. The van der Waals surface area contributed by atoms with Crippen LogP contribution in [-0.4, -0.2) is 20.2 Å². The van der Waals surface area contributed by atoms with E-state index in [-0.39, 0.29) is 0 Å². The van der Waals surface area contributed by atoms with Crippen molar-refractivity contribution in [3.05, 3.63) is 29.8 Å². The van der Waals surface area contributed by atoms with Crippen LogP contribution >= 0.6 is 0 Å². The van der Waals surface area contributed by atoms with Crippen LogP contribution in [0.5, 0.6) is 0 Å². The van der Waals surface area contributed by atoms with E-state index in [2.05, 4.69) is 15.5 Å². The number of rotatable bonds is 1. The van der Waals surface area contributed by atoms with Gasteiger partial charge in [-0.1, -0.05) is 12.1 Å². The van der Waals surface area contributed by atoms with E-state index < -0.39 is 11.7 Å². The van der Waals surface area contributed by atoms with Gasteiger partial charge < -0.3 is 0 Å². The molecule has 1 aromatic heterocycles. The zero-order chi connectivity index (χ0) is 11.8. The second-order valence-electron chi connectivity index (χ2n) is 3.20. The van der Waals surface area contributed by atoms with Gasteiger partial charge in [0, 0.05) is 12.6 Å². The predicted octanol–water partition coefficient (Wildman–Crippen LogP) is 1.90. The van der Waals surface area contributed by atoms with Gasteiger partial charge >= 0.3 is 6.18 Å². The highest BCUT2D eigenvalue weighted by Crippen LogP contribution is 2.30. The summed E-state index contributed by atoms with van der Waals surface area (Å²) in [7, 11) is 1.62. The third kappa shape index (κ3) is 1.88. The Labute approximate surface area is 88.7 Å². The molecule has 0 fully saturated rings. The van der Waals surface area contributed by atoms with Crippen molar-refractivity contribution < 1.29 is 13.2 Å². The summed E-state index contributed by atoms with van der Waals surface area (Å²) in [5.41, 5.74) is -0.146. The molecule has 4 nitrogen and oxygen atoms in total. The molecule has 7 heteroatoms. The van der Waals surface area contributed by atoms with Crippen LogP contribution in [0.2, 0.25) is 0 Å². The van der Waals surface area contributed by atoms with Crippen molar-refractivity contribution in [2.75, 3.05) is 0 Å². The first-order chi connectivity index (χ1) is 7.48. The maximum absolute atomic E-state index is 12.3. The third-order valence-electron chi connectivity index (χ3n) is 2.09. The molecule has 0 aliphatic carbocycles. The molecular weight excluding hydrogens is 221 g/mol. The molecular formula is C9H7F3N4. The molecule has 1 heterocycles. The van der Waals surface area contributed by atoms with Crippen LogP contribution < -0.4 is 0 Å². The molecule has 2 rings (SSSR count). The standard InChI is InChI=1S/C9H7F3N4/c1-16-8(13-14-15-16)6-2-4-7(5-3-6)9(10,11)12/h2-5H,1H3. The Morgan fingerprint density at radius 3 is 2.19 bits per heavy atom. The molecule has 0 aliphatic rings. The lowest BCUT2D eigenvalue weighted by molar-refractivity contribution is -0.137. The van der Waals surface area contributed by atoms with Crippen LogP contribution in [0, 0.1) is 0 Å². The minimum atomic E-state index is -4.32. The van der Waals surface area contributed by atoms with E-state index in [0.717, 1.165) is 12.1 Å². The van der Waals surface area contributed by atoms with E-state index in [1.807, 2.05) is 0 Å². The van der Waals surface area contributed by atoms with Gasteiger partial charge in [-0.15, -0.1) is 5.10 Å². The Morgan fingerprint density at radius 2 is 1.75 bits per heavy atom. The van der Waals surface area contributed by atoms with Crippen molar-refractivity contribution in [1.82, 2.24) is 20.2 Å². The summed E-state index contributed by atoms with van der Waals surface area (Å²) in [6.07, 6.45) is -4.32. The molecule has 84 valence electrons. The zero-order valence-electron chi connectivity index (χ0n) is 8.23. The Morgan fingerprint density at radius 1 is 1.12 bits per heavy atom. The van der Waals surface area contributed by atoms with Crippen molar-refractivity contribution in [3.8, 4) is 11.4 Å². The molecule has 2 aromatic rings. The largest absolute Gasteiger partial charge is 0.416 e. The second-order valence-corrected chi connectivity index (χ2v) is 3.20. The Hall–Kier alpha value is -1.92. The van der Waals surface area contributed by atoms with Gasteiger partial charge in [-0.3, -0.25) is 0 Å². The highest BCUT2D eigenvalue weighted by atomic mass is 19.4. The fourth-order valence-corrected chi connectivity index (χ4v) is 1.28. The molecule has 0 saturated heterocycles. The normalized spacial score (nSPS) is 11.8. The van der Waals surface area contributed by atoms with Crippen molar-refractivity contribution >= 4 is 0 Å². The van der Waals surface area contributed by atoms with E-state index in [0.29, 0.717) is 11.4 Å². The van der Waals surface area contributed by atoms with Crippen LogP contribution in [0.15, 0.2) is 24.3 Å². The molecule has 0 aliphatic heterocycles. The summed E-state index contributed by atoms with van der Waals surface area (Å²) >= 11 is 0. The lowest BCUT2D eigenvalue weighted by Crippen LogP contribution is -2.04. The molecule has 0 amide bonds. The van der Waals surface area contributed by atoms with Gasteiger partial charge in [0.1, 0.15) is 0 Å². The minimum absolute atomic E-state index is 0.425. The lowest BCUT2D eigenvalue weighted by atomic mass is 10.1.